The molecule has 0 aromatic carbocycles. The van der Waals surface area contributed by atoms with Gasteiger partial charge in [0.2, 0.25) is 0 Å². The minimum absolute atomic E-state index is 0.498. The summed E-state index contributed by atoms with van der Waals surface area (Å²) in [6, 6.07) is 0.498. The Hall–Kier alpha value is -1.34. The van der Waals surface area contributed by atoms with Crippen molar-refractivity contribution in [2.75, 3.05) is 50.7 Å². The third-order valence-corrected chi connectivity index (χ3v) is 6.62. The van der Waals surface area contributed by atoms with Crippen LogP contribution >= 0.6 is 11.3 Å². The van der Waals surface area contributed by atoms with Gasteiger partial charge < -0.3 is 15.5 Å². The topological polar surface area (TPSA) is 61.0 Å². The van der Waals surface area contributed by atoms with Crippen molar-refractivity contribution in [1.29, 1.82) is 0 Å². The Kier molecular flexibility index (Phi) is 6.75. The number of guanidine groups is 1. The summed E-state index contributed by atoms with van der Waals surface area (Å²) in [5, 5.41) is 3.14. The van der Waals surface area contributed by atoms with Crippen LogP contribution in [0.25, 0.3) is 0 Å². The summed E-state index contributed by atoms with van der Waals surface area (Å²) in [6.07, 6.45) is 4.48. The van der Waals surface area contributed by atoms with Gasteiger partial charge >= 0.3 is 0 Å². The lowest BCUT2D eigenvalue weighted by atomic mass is 9.94. The van der Waals surface area contributed by atoms with Crippen molar-refractivity contribution in [2.24, 2.45) is 22.6 Å². The maximum atomic E-state index is 6.34. The number of likely N-dealkylation sites (tertiary alicyclic amines) is 1. The average molecular weight is 379 g/mol. The van der Waals surface area contributed by atoms with Crippen LogP contribution in [0.2, 0.25) is 0 Å². The van der Waals surface area contributed by atoms with E-state index in [9.17, 15) is 0 Å². The largest absolute Gasteiger partial charge is 0.370 e. The van der Waals surface area contributed by atoms with E-state index in [1.54, 1.807) is 11.3 Å². The fourth-order valence-electron chi connectivity index (χ4n) is 3.89. The van der Waals surface area contributed by atoms with Crippen LogP contribution in [0, 0.1) is 11.8 Å². The molecule has 0 amide bonds. The lowest BCUT2D eigenvalue weighted by molar-refractivity contribution is 0.113. The summed E-state index contributed by atoms with van der Waals surface area (Å²) < 4.78 is 0. The van der Waals surface area contributed by atoms with Gasteiger partial charge in [-0.15, -0.1) is 11.3 Å². The van der Waals surface area contributed by atoms with E-state index in [2.05, 4.69) is 40.5 Å². The minimum atomic E-state index is 0.498. The number of rotatable bonds is 5. The van der Waals surface area contributed by atoms with Gasteiger partial charge in [-0.25, -0.2) is 4.98 Å². The van der Waals surface area contributed by atoms with Crippen molar-refractivity contribution in [3.8, 4) is 0 Å². The van der Waals surface area contributed by atoms with Gasteiger partial charge in [-0.2, -0.15) is 0 Å². The zero-order chi connectivity index (χ0) is 18.5. The summed E-state index contributed by atoms with van der Waals surface area (Å²) in [5.74, 6) is 2.17. The van der Waals surface area contributed by atoms with E-state index >= 15 is 0 Å². The number of piperidine rings is 1. The van der Waals surface area contributed by atoms with Crippen molar-refractivity contribution in [1.82, 2.24) is 14.8 Å². The van der Waals surface area contributed by atoms with Gasteiger partial charge in [0.1, 0.15) is 0 Å². The predicted molar refractivity (Wildman–Crippen MR) is 111 cm³/mol. The van der Waals surface area contributed by atoms with Gasteiger partial charge in [0.05, 0.1) is 6.54 Å². The molecular weight excluding hydrogens is 344 g/mol. The second-order valence-electron chi connectivity index (χ2n) is 8.02. The van der Waals surface area contributed by atoms with Crippen LogP contribution in [0.15, 0.2) is 16.6 Å². The highest BCUT2D eigenvalue weighted by Crippen LogP contribution is 2.22. The molecule has 2 N–H and O–H groups in total. The summed E-state index contributed by atoms with van der Waals surface area (Å²) in [5.41, 5.74) is 6.34. The summed E-state index contributed by atoms with van der Waals surface area (Å²) in [7, 11) is 0. The summed E-state index contributed by atoms with van der Waals surface area (Å²) in [6.45, 7) is 13.9. The molecule has 1 atom stereocenters. The number of thiazole rings is 1. The monoisotopic (exact) mass is 378 g/mol. The Morgan fingerprint density at radius 3 is 2.50 bits per heavy atom. The second-order valence-corrected chi connectivity index (χ2v) is 8.89. The van der Waals surface area contributed by atoms with Crippen molar-refractivity contribution in [3.05, 3.63) is 11.6 Å². The molecule has 26 heavy (non-hydrogen) atoms. The Balaban J connectivity index is 1.52. The van der Waals surface area contributed by atoms with Gasteiger partial charge in [-0.05, 0) is 37.8 Å². The van der Waals surface area contributed by atoms with Crippen molar-refractivity contribution in [2.45, 2.75) is 39.7 Å². The Morgan fingerprint density at radius 1 is 1.23 bits per heavy atom. The van der Waals surface area contributed by atoms with Crippen molar-refractivity contribution in [3.63, 3.8) is 0 Å². The van der Waals surface area contributed by atoms with Crippen molar-refractivity contribution < 1.29 is 0 Å². The number of nitrogens with two attached hydrogens (primary N) is 1. The van der Waals surface area contributed by atoms with E-state index in [0.717, 1.165) is 43.8 Å². The van der Waals surface area contributed by atoms with E-state index in [4.69, 9.17) is 10.7 Å². The molecule has 0 aliphatic carbocycles. The quantitative estimate of drug-likeness (QED) is 0.629. The number of piperazine rings is 1. The zero-order valence-corrected chi connectivity index (χ0v) is 17.3. The van der Waals surface area contributed by atoms with Crippen LogP contribution in [-0.4, -0.2) is 72.6 Å². The molecule has 3 rings (SSSR count). The molecule has 2 fully saturated rings. The molecule has 7 heteroatoms. The third kappa shape index (κ3) is 4.88. The molecule has 1 aromatic heterocycles. The molecule has 2 aliphatic heterocycles. The van der Waals surface area contributed by atoms with Gasteiger partial charge in [-0.3, -0.25) is 9.89 Å². The van der Waals surface area contributed by atoms with Crippen LogP contribution in [0.5, 0.6) is 0 Å². The molecule has 0 radical (unpaired) electrons. The first-order valence-electron chi connectivity index (χ1n) is 9.98. The Morgan fingerprint density at radius 2 is 1.92 bits per heavy atom. The normalized spacial score (nSPS) is 22.2. The van der Waals surface area contributed by atoms with Crippen LogP contribution in [0.1, 0.15) is 33.6 Å². The highest BCUT2D eigenvalue weighted by atomic mass is 32.1. The molecule has 2 saturated heterocycles. The fraction of sp³-hybridized carbons (Fsp3) is 0.789. The smallest absolute Gasteiger partial charge is 0.191 e. The lowest BCUT2D eigenvalue weighted by Gasteiger charge is -2.38. The van der Waals surface area contributed by atoms with Crippen LogP contribution in [0.4, 0.5) is 5.13 Å². The standard InChI is InChI=1S/C19H34N6S/c1-15(2)17(23-7-4-16(3)5-8-23)14-22-18(20)24-9-11-25(12-10-24)19-21-6-13-26-19/h6,13,15-17H,4-5,7-12,14H2,1-3H3,(H2,20,22). The second kappa shape index (κ2) is 9.04. The lowest BCUT2D eigenvalue weighted by Crippen LogP contribution is -2.52. The number of aromatic nitrogens is 1. The van der Waals surface area contributed by atoms with Gasteiger partial charge in [0.15, 0.2) is 11.1 Å². The van der Waals surface area contributed by atoms with E-state index in [1.165, 1.54) is 25.9 Å². The SMILES string of the molecule is CC1CCN(C(CN=C(N)N2CCN(c3nccs3)CC2)C(C)C)CC1. The van der Waals surface area contributed by atoms with Gasteiger partial charge in [-0.1, -0.05) is 20.8 Å². The maximum Gasteiger partial charge on any atom is 0.191 e. The molecule has 146 valence electrons. The first-order chi connectivity index (χ1) is 12.5. The average Bonchev–Trinajstić information content (AvgIpc) is 3.18. The molecule has 2 aliphatic rings. The molecule has 1 aromatic rings. The molecule has 0 bridgehead atoms. The molecule has 3 heterocycles. The van der Waals surface area contributed by atoms with E-state index in [1.807, 2.05) is 11.6 Å². The minimum Gasteiger partial charge on any atom is -0.370 e. The number of hydrogen-bond acceptors (Lipinski definition) is 5. The Bertz CT molecular complexity index is 557. The molecule has 6 nitrogen and oxygen atoms in total. The van der Waals surface area contributed by atoms with Crippen molar-refractivity contribution >= 4 is 22.4 Å². The third-order valence-electron chi connectivity index (χ3n) is 5.79. The van der Waals surface area contributed by atoms with E-state index < -0.39 is 0 Å². The fourth-order valence-corrected chi connectivity index (χ4v) is 4.59. The highest BCUT2D eigenvalue weighted by molar-refractivity contribution is 7.13. The molecule has 1 unspecified atom stereocenters. The van der Waals surface area contributed by atoms with Gasteiger partial charge in [0, 0.05) is 43.8 Å². The highest BCUT2D eigenvalue weighted by Gasteiger charge is 2.26. The zero-order valence-electron chi connectivity index (χ0n) is 16.5. The van der Waals surface area contributed by atoms with E-state index in [0.29, 0.717) is 17.9 Å². The van der Waals surface area contributed by atoms with E-state index in [-0.39, 0.29) is 0 Å². The number of nitrogens with zero attached hydrogens (tertiary/aromatic N) is 5. The summed E-state index contributed by atoms with van der Waals surface area (Å²) in [4.78, 5) is 16.4. The molecular formula is C19H34N6S. The molecule has 0 spiro atoms. The number of hydrogen-bond donors (Lipinski definition) is 1. The van der Waals surface area contributed by atoms with Crippen LogP contribution < -0.4 is 10.6 Å². The maximum absolute atomic E-state index is 6.34. The van der Waals surface area contributed by atoms with Crippen LogP contribution in [-0.2, 0) is 0 Å². The predicted octanol–water partition coefficient (Wildman–Crippen LogP) is 2.34. The van der Waals surface area contributed by atoms with Gasteiger partial charge in [0.25, 0.3) is 0 Å². The van der Waals surface area contributed by atoms with Crippen LogP contribution in [0.3, 0.4) is 0 Å². The first-order valence-corrected chi connectivity index (χ1v) is 10.9. The molecule has 0 saturated carbocycles. The summed E-state index contributed by atoms with van der Waals surface area (Å²) >= 11 is 1.70. The number of anilines is 1. The number of aliphatic imine (C=N–C) groups is 1. The Labute approximate surface area is 162 Å². The first kappa shape index (κ1) is 19.4.